The van der Waals surface area contributed by atoms with E-state index < -0.39 is 11.6 Å². The number of carbonyl (C=O) groups is 1. The van der Waals surface area contributed by atoms with E-state index in [0.29, 0.717) is 25.1 Å². The number of carbonyl (C=O) groups excluding carboxylic acids is 1. The van der Waals surface area contributed by atoms with Gasteiger partial charge in [0.1, 0.15) is 0 Å². The number of amides is 2. The number of nitrogens with zero attached hydrogens (tertiary/aromatic N) is 1. The van der Waals surface area contributed by atoms with Crippen molar-refractivity contribution in [3.05, 3.63) is 35.4 Å². The van der Waals surface area contributed by atoms with Gasteiger partial charge in [0, 0.05) is 19.6 Å². The van der Waals surface area contributed by atoms with Crippen molar-refractivity contribution in [2.75, 3.05) is 33.7 Å². The van der Waals surface area contributed by atoms with Crippen molar-refractivity contribution in [2.45, 2.75) is 6.42 Å². The molecule has 0 saturated carbocycles. The Morgan fingerprint density at radius 3 is 2.47 bits per heavy atom. The van der Waals surface area contributed by atoms with Crippen LogP contribution in [0.1, 0.15) is 5.56 Å². The minimum Gasteiger partial charge on any atom is -0.338 e. The van der Waals surface area contributed by atoms with E-state index in [1.54, 1.807) is 0 Å². The van der Waals surface area contributed by atoms with Crippen molar-refractivity contribution >= 4 is 6.03 Å². The Balaban J connectivity index is 2.22. The Bertz CT molecular complexity index is 424. The Kier molecular flexibility index (Phi) is 6.21. The molecule has 4 nitrogen and oxygen atoms in total. The number of likely N-dealkylation sites (N-methyl/N-ethyl adjacent to an activating group) is 1. The van der Waals surface area contributed by atoms with Gasteiger partial charge in [-0.15, -0.1) is 0 Å². The first-order valence-electron chi connectivity index (χ1n) is 6.09. The van der Waals surface area contributed by atoms with Gasteiger partial charge >= 0.3 is 6.03 Å². The molecule has 0 aliphatic carbocycles. The second-order valence-electron chi connectivity index (χ2n) is 4.48. The van der Waals surface area contributed by atoms with Gasteiger partial charge in [0.05, 0.1) is 0 Å². The van der Waals surface area contributed by atoms with Crippen molar-refractivity contribution in [3.63, 3.8) is 0 Å². The third kappa shape index (κ3) is 6.15. The van der Waals surface area contributed by atoms with Crippen LogP contribution in [0.3, 0.4) is 0 Å². The zero-order valence-electron chi connectivity index (χ0n) is 11.2. The predicted octanol–water partition coefficient (Wildman–Crippen LogP) is 1.37. The third-order valence-corrected chi connectivity index (χ3v) is 2.53. The molecule has 0 aliphatic heterocycles. The van der Waals surface area contributed by atoms with Crippen LogP contribution in [0.2, 0.25) is 0 Å². The van der Waals surface area contributed by atoms with Crippen LogP contribution < -0.4 is 10.6 Å². The Morgan fingerprint density at radius 1 is 1.16 bits per heavy atom. The summed E-state index contributed by atoms with van der Waals surface area (Å²) in [5.74, 6) is -1.73. The fourth-order valence-corrected chi connectivity index (χ4v) is 1.47. The van der Waals surface area contributed by atoms with Crippen LogP contribution in [0.25, 0.3) is 0 Å². The number of nitrogens with one attached hydrogen (secondary N) is 2. The average Bonchev–Trinajstić information content (AvgIpc) is 2.33. The highest BCUT2D eigenvalue weighted by molar-refractivity contribution is 5.73. The van der Waals surface area contributed by atoms with Gasteiger partial charge < -0.3 is 15.5 Å². The van der Waals surface area contributed by atoms with Gasteiger partial charge in [0.25, 0.3) is 0 Å². The Hall–Kier alpha value is -1.69. The van der Waals surface area contributed by atoms with Gasteiger partial charge in [-0.25, -0.2) is 13.6 Å². The maximum Gasteiger partial charge on any atom is 0.314 e. The predicted molar refractivity (Wildman–Crippen MR) is 70.0 cm³/mol. The second kappa shape index (κ2) is 7.68. The van der Waals surface area contributed by atoms with Crippen molar-refractivity contribution < 1.29 is 13.6 Å². The normalized spacial score (nSPS) is 10.6. The molecule has 0 aliphatic rings. The summed E-state index contributed by atoms with van der Waals surface area (Å²) in [5.41, 5.74) is 0.646. The maximum absolute atomic E-state index is 12.9. The van der Waals surface area contributed by atoms with Gasteiger partial charge in [-0.3, -0.25) is 0 Å². The van der Waals surface area contributed by atoms with Crippen molar-refractivity contribution in [3.8, 4) is 0 Å². The van der Waals surface area contributed by atoms with E-state index in [4.69, 9.17) is 0 Å². The Labute approximate surface area is 111 Å². The van der Waals surface area contributed by atoms with Crippen molar-refractivity contribution in [1.82, 2.24) is 15.5 Å². The lowest BCUT2D eigenvalue weighted by molar-refractivity contribution is 0.239. The molecule has 0 heterocycles. The lowest BCUT2D eigenvalue weighted by atomic mass is 10.1. The van der Waals surface area contributed by atoms with Gasteiger partial charge in [-0.1, -0.05) is 6.07 Å². The SMILES string of the molecule is CN(C)CCNC(=O)NCCc1ccc(F)c(F)c1. The number of hydrogen-bond donors (Lipinski definition) is 2. The van der Waals surface area contributed by atoms with Gasteiger partial charge in [-0.05, 0) is 38.2 Å². The fraction of sp³-hybridized carbons (Fsp3) is 0.462. The number of benzene rings is 1. The summed E-state index contributed by atoms with van der Waals surface area (Å²) in [4.78, 5) is 13.3. The molecule has 1 aromatic carbocycles. The summed E-state index contributed by atoms with van der Waals surface area (Å²) < 4.78 is 25.6. The minimum absolute atomic E-state index is 0.260. The maximum atomic E-state index is 12.9. The van der Waals surface area contributed by atoms with Crippen LogP contribution in [-0.2, 0) is 6.42 Å². The molecule has 2 N–H and O–H groups in total. The number of urea groups is 1. The molecular weight excluding hydrogens is 252 g/mol. The van der Waals surface area contributed by atoms with E-state index in [1.165, 1.54) is 6.07 Å². The lowest BCUT2D eigenvalue weighted by Crippen LogP contribution is -2.39. The smallest absolute Gasteiger partial charge is 0.314 e. The molecule has 6 heteroatoms. The van der Waals surface area contributed by atoms with E-state index in [0.717, 1.165) is 18.7 Å². The molecule has 19 heavy (non-hydrogen) atoms. The zero-order chi connectivity index (χ0) is 14.3. The molecule has 106 valence electrons. The van der Waals surface area contributed by atoms with E-state index in [2.05, 4.69) is 10.6 Å². The first kappa shape index (κ1) is 15.4. The first-order valence-corrected chi connectivity index (χ1v) is 6.09. The molecule has 0 saturated heterocycles. The Morgan fingerprint density at radius 2 is 1.84 bits per heavy atom. The highest BCUT2D eigenvalue weighted by atomic mass is 19.2. The summed E-state index contributed by atoms with van der Waals surface area (Å²) in [6.07, 6.45) is 0.457. The van der Waals surface area contributed by atoms with Gasteiger partial charge in [0.2, 0.25) is 0 Å². The molecule has 0 fully saturated rings. The molecule has 0 bridgehead atoms. The summed E-state index contributed by atoms with van der Waals surface area (Å²) in [6.45, 7) is 1.69. The number of rotatable bonds is 6. The highest BCUT2D eigenvalue weighted by Crippen LogP contribution is 2.08. The van der Waals surface area contributed by atoms with E-state index in [9.17, 15) is 13.6 Å². The minimum atomic E-state index is -0.868. The van der Waals surface area contributed by atoms with Gasteiger partial charge in [0.15, 0.2) is 11.6 Å². The van der Waals surface area contributed by atoms with Crippen LogP contribution in [0.15, 0.2) is 18.2 Å². The second-order valence-corrected chi connectivity index (χ2v) is 4.48. The highest BCUT2D eigenvalue weighted by Gasteiger charge is 2.03. The van der Waals surface area contributed by atoms with E-state index >= 15 is 0 Å². The molecule has 0 atom stereocenters. The first-order chi connectivity index (χ1) is 8.99. The standard InChI is InChI=1S/C13H19F2N3O/c1-18(2)8-7-17-13(19)16-6-5-10-3-4-11(14)12(15)9-10/h3-4,9H,5-8H2,1-2H3,(H2,16,17,19). The topological polar surface area (TPSA) is 44.4 Å². The van der Waals surface area contributed by atoms with E-state index in [1.807, 2.05) is 19.0 Å². The largest absolute Gasteiger partial charge is 0.338 e. The van der Waals surface area contributed by atoms with Crippen LogP contribution in [0.4, 0.5) is 13.6 Å². The summed E-state index contributed by atoms with van der Waals surface area (Å²) in [6, 6.07) is 3.47. The number of hydrogen-bond acceptors (Lipinski definition) is 2. The average molecular weight is 271 g/mol. The molecular formula is C13H19F2N3O. The van der Waals surface area contributed by atoms with Crippen molar-refractivity contribution in [1.29, 1.82) is 0 Å². The molecule has 1 rings (SSSR count). The molecule has 2 amide bonds. The van der Waals surface area contributed by atoms with Crippen LogP contribution in [0, 0.1) is 11.6 Å². The van der Waals surface area contributed by atoms with Crippen LogP contribution in [-0.4, -0.2) is 44.7 Å². The quantitative estimate of drug-likeness (QED) is 0.820. The molecule has 1 aromatic rings. The zero-order valence-corrected chi connectivity index (χ0v) is 11.2. The lowest BCUT2D eigenvalue weighted by Gasteiger charge is -2.11. The molecule has 0 unspecified atom stereocenters. The number of halogens is 2. The molecule has 0 spiro atoms. The van der Waals surface area contributed by atoms with Crippen LogP contribution in [0.5, 0.6) is 0 Å². The molecule has 0 aromatic heterocycles. The van der Waals surface area contributed by atoms with Gasteiger partial charge in [-0.2, -0.15) is 0 Å². The monoisotopic (exact) mass is 271 g/mol. The third-order valence-electron chi connectivity index (χ3n) is 2.53. The summed E-state index contributed by atoms with van der Waals surface area (Å²) in [7, 11) is 3.84. The summed E-state index contributed by atoms with van der Waals surface area (Å²) >= 11 is 0. The van der Waals surface area contributed by atoms with E-state index in [-0.39, 0.29) is 6.03 Å². The van der Waals surface area contributed by atoms with Crippen molar-refractivity contribution in [2.24, 2.45) is 0 Å². The fourth-order valence-electron chi connectivity index (χ4n) is 1.47. The summed E-state index contributed by atoms with van der Waals surface area (Å²) in [5, 5.41) is 5.35. The molecule has 0 radical (unpaired) electrons. The van der Waals surface area contributed by atoms with Crippen LogP contribution >= 0.6 is 0 Å².